The first-order valence-electron chi connectivity index (χ1n) is 11.1. The van der Waals surface area contributed by atoms with Crippen molar-refractivity contribution in [1.29, 1.82) is 0 Å². The molecule has 0 bridgehead atoms. The first kappa shape index (κ1) is 25.5. The normalized spacial score (nSPS) is 12.9. The van der Waals surface area contributed by atoms with Gasteiger partial charge in [-0.3, -0.25) is 14.4 Å². The molecule has 0 aliphatic carbocycles. The maximum atomic E-state index is 13.7. The quantitative estimate of drug-likeness (QED) is 0.286. The molecular formula is C26H22ClFN6O3. The van der Waals surface area contributed by atoms with Crippen molar-refractivity contribution in [1.82, 2.24) is 4.98 Å². The number of hydrogen-bond acceptors (Lipinski definition) is 6. The Hall–Kier alpha value is -4.57. The van der Waals surface area contributed by atoms with Gasteiger partial charge in [0.2, 0.25) is 5.91 Å². The largest absolute Gasteiger partial charge is 0.365 e. The van der Waals surface area contributed by atoms with Crippen LogP contribution in [-0.4, -0.2) is 35.5 Å². The summed E-state index contributed by atoms with van der Waals surface area (Å²) in [5.74, 6) is -1.88. The fourth-order valence-corrected chi connectivity index (χ4v) is 4.15. The zero-order chi connectivity index (χ0) is 26.7. The molecule has 0 spiro atoms. The minimum absolute atomic E-state index is 0.0559. The summed E-state index contributed by atoms with van der Waals surface area (Å²) in [5.41, 5.74) is 8.73. The van der Waals surface area contributed by atoms with Crippen molar-refractivity contribution < 1.29 is 18.8 Å². The standard InChI is InChI=1S/C26H22ClFN6O3/c1-15-14-33(16(2)35)22-10-7-18(32-26(37)20-4-3-11-30-25(20)27)12-21(22)24(15)34(31-13-23(29)36)19-8-5-17(28)6-9-19/h3-13H,14H2,1-2H3,(H2,29,36)(H,32,37)/b31-13+. The van der Waals surface area contributed by atoms with Crippen molar-refractivity contribution in [3.8, 4) is 0 Å². The number of nitrogens with zero attached hydrogens (tertiary/aromatic N) is 4. The summed E-state index contributed by atoms with van der Waals surface area (Å²) >= 11 is 6.07. The highest BCUT2D eigenvalue weighted by molar-refractivity contribution is 6.33. The Balaban J connectivity index is 1.84. The second kappa shape index (κ2) is 10.6. The van der Waals surface area contributed by atoms with Gasteiger partial charge in [-0.1, -0.05) is 11.6 Å². The molecule has 1 aromatic heterocycles. The Morgan fingerprint density at radius 2 is 1.92 bits per heavy atom. The van der Waals surface area contributed by atoms with Gasteiger partial charge in [-0.25, -0.2) is 14.4 Å². The van der Waals surface area contributed by atoms with E-state index in [2.05, 4.69) is 15.4 Å². The van der Waals surface area contributed by atoms with Gasteiger partial charge in [0.15, 0.2) is 0 Å². The van der Waals surface area contributed by atoms with Gasteiger partial charge >= 0.3 is 0 Å². The third-order valence-corrected chi connectivity index (χ3v) is 5.87. The zero-order valence-corrected chi connectivity index (χ0v) is 20.7. The third kappa shape index (κ3) is 5.49. The van der Waals surface area contributed by atoms with Crippen LogP contribution in [0.15, 0.2) is 71.5 Å². The van der Waals surface area contributed by atoms with E-state index in [0.29, 0.717) is 28.3 Å². The van der Waals surface area contributed by atoms with Crippen molar-refractivity contribution in [2.45, 2.75) is 13.8 Å². The lowest BCUT2D eigenvalue weighted by molar-refractivity contribution is -0.116. The van der Waals surface area contributed by atoms with Gasteiger partial charge < -0.3 is 16.0 Å². The Labute approximate surface area is 217 Å². The smallest absolute Gasteiger partial charge is 0.261 e. The van der Waals surface area contributed by atoms with Gasteiger partial charge in [0, 0.05) is 30.9 Å². The molecule has 9 nitrogen and oxygen atoms in total. The lowest BCUT2D eigenvalue weighted by Gasteiger charge is -2.35. The minimum atomic E-state index is -0.777. The van der Waals surface area contributed by atoms with E-state index in [9.17, 15) is 18.8 Å². The summed E-state index contributed by atoms with van der Waals surface area (Å²) in [4.78, 5) is 42.4. The van der Waals surface area contributed by atoms with E-state index in [4.69, 9.17) is 17.3 Å². The maximum Gasteiger partial charge on any atom is 0.261 e. The summed E-state index contributed by atoms with van der Waals surface area (Å²) in [6.45, 7) is 3.51. The van der Waals surface area contributed by atoms with Crippen molar-refractivity contribution >= 4 is 58.3 Å². The molecule has 0 saturated heterocycles. The molecule has 1 aliphatic heterocycles. The Bertz CT molecular complexity index is 1450. The molecular weight excluding hydrogens is 499 g/mol. The van der Waals surface area contributed by atoms with E-state index in [1.165, 1.54) is 42.4 Å². The molecule has 0 fully saturated rings. The molecule has 0 radical (unpaired) electrons. The van der Waals surface area contributed by atoms with Crippen molar-refractivity contribution in [3.63, 3.8) is 0 Å². The highest BCUT2D eigenvalue weighted by Gasteiger charge is 2.29. The van der Waals surface area contributed by atoms with E-state index in [-0.39, 0.29) is 23.2 Å². The number of nitrogens with one attached hydrogen (secondary N) is 1. The molecule has 0 atom stereocenters. The van der Waals surface area contributed by atoms with Crippen LogP contribution in [0.3, 0.4) is 0 Å². The van der Waals surface area contributed by atoms with E-state index in [1.54, 1.807) is 35.2 Å². The van der Waals surface area contributed by atoms with Gasteiger partial charge in [-0.05, 0) is 67.1 Å². The molecule has 0 saturated carbocycles. The van der Waals surface area contributed by atoms with E-state index >= 15 is 0 Å². The number of nitrogens with two attached hydrogens (primary N) is 1. The predicted molar refractivity (Wildman–Crippen MR) is 141 cm³/mol. The molecule has 0 unspecified atom stereocenters. The first-order chi connectivity index (χ1) is 17.7. The summed E-state index contributed by atoms with van der Waals surface area (Å²) < 4.78 is 13.7. The number of pyridine rings is 1. The van der Waals surface area contributed by atoms with Crippen LogP contribution in [0, 0.1) is 5.82 Å². The van der Waals surface area contributed by atoms with Gasteiger partial charge in [0.05, 0.1) is 22.6 Å². The maximum absolute atomic E-state index is 13.7. The van der Waals surface area contributed by atoms with Gasteiger partial charge in [-0.15, -0.1) is 0 Å². The second-order valence-corrected chi connectivity index (χ2v) is 8.56. The van der Waals surface area contributed by atoms with Crippen LogP contribution < -0.4 is 21.0 Å². The van der Waals surface area contributed by atoms with Crippen LogP contribution in [0.2, 0.25) is 5.15 Å². The average molecular weight is 521 g/mol. The summed E-state index contributed by atoms with van der Waals surface area (Å²) in [6.07, 6.45) is 2.42. The monoisotopic (exact) mass is 520 g/mol. The van der Waals surface area contributed by atoms with Gasteiger partial charge in [-0.2, -0.15) is 5.10 Å². The number of fused-ring (bicyclic) bond motifs is 1. The number of halogens is 2. The van der Waals surface area contributed by atoms with Crippen LogP contribution in [0.1, 0.15) is 29.8 Å². The van der Waals surface area contributed by atoms with E-state index < -0.39 is 17.6 Å². The molecule has 3 N–H and O–H groups in total. The van der Waals surface area contributed by atoms with E-state index in [0.717, 1.165) is 11.8 Å². The van der Waals surface area contributed by atoms with Crippen LogP contribution in [0.4, 0.5) is 21.5 Å². The third-order valence-electron chi connectivity index (χ3n) is 5.57. The lowest BCUT2D eigenvalue weighted by atomic mass is 9.97. The summed E-state index contributed by atoms with van der Waals surface area (Å²) in [6, 6.07) is 13.7. The number of amides is 3. The first-order valence-corrected chi connectivity index (χ1v) is 11.5. The highest BCUT2D eigenvalue weighted by Crippen LogP contribution is 2.40. The van der Waals surface area contributed by atoms with Crippen molar-refractivity contribution in [3.05, 3.63) is 88.5 Å². The molecule has 3 aromatic rings. The molecule has 1 aliphatic rings. The minimum Gasteiger partial charge on any atom is -0.365 e. The highest BCUT2D eigenvalue weighted by atomic mass is 35.5. The second-order valence-electron chi connectivity index (χ2n) is 8.20. The fraction of sp³-hybridized carbons (Fsp3) is 0.115. The molecule has 188 valence electrons. The number of rotatable bonds is 6. The molecule has 37 heavy (non-hydrogen) atoms. The number of aromatic nitrogens is 1. The average Bonchev–Trinajstić information content (AvgIpc) is 2.85. The number of anilines is 3. The van der Waals surface area contributed by atoms with Crippen LogP contribution in [0.5, 0.6) is 0 Å². The Morgan fingerprint density at radius 3 is 2.57 bits per heavy atom. The van der Waals surface area contributed by atoms with Crippen LogP contribution in [-0.2, 0) is 9.59 Å². The van der Waals surface area contributed by atoms with Crippen molar-refractivity contribution in [2.75, 3.05) is 21.8 Å². The van der Waals surface area contributed by atoms with Gasteiger partial charge in [0.25, 0.3) is 11.8 Å². The molecule has 4 rings (SSSR count). The Kier molecular flexibility index (Phi) is 7.30. The number of carbonyl (C=O) groups excluding carboxylic acids is 3. The molecule has 2 aromatic carbocycles. The lowest BCUT2D eigenvalue weighted by Crippen LogP contribution is -2.36. The molecule has 2 heterocycles. The zero-order valence-electron chi connectivity index (χ0n) is 19.9. The topological polar surface area (TPSA) is 121 Å². The fourth-order valence-electron chi connectivity index (χ4n) is 3.95. The van der Waals surface area contributed by atoms with E-state index in [1.807, 2.05) is 6.92 Å². The SMILES string of the molecule is CC(=O)N1CC(C)=C(N(/N=C/C(N)=O)c2ccc(F)cc2)c2cc(NC(=O)c3cccnc3Cl)ccc21. The summed E-state index contributed by atoms with van der Waals surface area (Å²) in [5, 5.41) is 8.55. The molecule has 11 heteroatoms. The number of hydrogen-bond donors (Lipinski definition) is 2. The number of benzene rings is 2. The number of carbonyl (C=O) groups is 3. The van der Waals surface area contributed by atoms with Crippen LogP contribution in [0.25, 0.3) is 5.70 Å². The summed E-state index contributed by atoms with van der Waals surface area (Å²) in [7, 11) is 0. The number of primary amides is 1. The van der Waals surface area contributed by atoms with Crippen LogP contribution >= 0.6 is 11.6 Å². The predicted octanol–water partition coefficient (Wildman–Crippen LogP) is 4.20. The van der Waals surface area contributed by atoms with Crippen molar-refractivity contribution in [2.24, 2.45) is 10.8 Å². The molecule has 3 amide bonds. The number of hydrazone groups is 1. The van der Waals surface area contributed by atoms with Gasteiger partial charge in [0.1, 0.15) is 17.2 Å². The Morgan fingerprint density at radius 1 is 1.19 bits per heavy atom.